The van der Waals surface area contributed by atoms with Crippen molar-refractivity contribution in [1.82, 2.24) is 15.5 Å². The molecule has 0 saturated carbocycles. The zero-order valence-electron chi connectivity index (χ0n) is 15.2. The first-order valence-corrected chi connectivity index (χ1v) is 9.24. The summed E-state index contributed by atoms with van der Waals surface area (Å²) in [5, 5.41) is 14.7. The van der Waals surface area contributed by atoms with Crippen LogP contribution in [0.15, 0.2) is 54.6 Å². The number of carboxylic acids is 1. The van der Waals surface area contributed by atoms with E-state index < -0.39 is 5.97 Å². The molecule has 2 amide bonds. The smallest absolute Gasteiger partial charge is 0.335 e. The zero-order valence-corrected chi connectivity index (χ0v) is 15.2. The van der Waals surface area contributed by atoms with Crippen LogP contribution in [0.3, 0.4) is 0 Å². The number of hydrogen-bond acceptors (Lipinski definition) is 3. The highest BCUT2D eigenvalue weighted by atomic mass is 16.4. The van der Waals surface area contributed by atoms with Crippen LogP contribution in [0.4, 0.5) is 4.79 Å². The van der Waals surface area contributed by atoms with Gasteiger partial charge >= 0.3 is 12.0 Å². The van der Waals surface area contributed by atoms with Gasteiger partial charge in [0.2, 0.25) is 0 Å². The number of likely N-dealkylation sites (tertiary alicyclic amines) is 1. The highest BCUT2D eigenvalue weighted by Crippen LogP contribution is 2.19. The molecule has 2 aromatic carbocycles. The van der Waals surface area contributed by atoms with E-state index in [-0.39, 0.29) is 11.6 Å². The van der Waals surface area contributed by atoms with Gasteiger partial charge in [0.1, 0.15) is 0 Å². The maximum absolute atomic E-state index is 12.1. The van der Waals surface area contributed by atoms with Crippen LogP contribution in [0.2, 0.25) is 0 Å². The topological polar surface area (TPSA) is 81.7 Å². The molecule has 0 spiro atoms. The van der Waals surface area contributed by atoms with Crippen molar-refractivity contribution in [2.24, 2.45) is 0 Å². The second kappa shape index (κ2) is 9.19. The zero-order chi connectivity index (χ0) is 19.1. The fraction of sp³-hybridized carbons (Fsp3) is 0.333. The maximum atomic E-state index is 12.1. The molecular weight excluding hydrogens is 342 g/mol. The predicted octanol–water partition coefficient (Wildman–Crippen LogP) is 2.85. The van der Waals surface area contributed by atoms with Gasteiger partial charge in [-0.25, -0.2) is 9.59 Å². The molecule has 1 unspecified atom stereocenters. The first-order valence-electron chi connectivity index (χ1n) is 9.24. The number of hydrogen-bond donors (Lipinski definition) is 3. The number of carboxylic acid groups (broad SMARTS) is 1. The second-order valence-corrected chi connectivity index (χ2v) is 6.82. The summed E-state index contributed by atoms with van der Waals surface area (Å²) in [6, 6.07) is 17.0. The lowest BCUT2D eigenvalue weighted by Gasteiger charge is -2.24. The van der Waals surface area contributed by atoms with Crippen molar-refractivity contribution >= 4 is 12.0 Å². The van der Waals surface area contributed by atoms with Crippen molar-refractivity contribution in [2.75, 3.05) is 13.1 Å². The molecule has 1 saturated heterocycles. The van der Waals surface area contributed by atoms with E-state index in [0.717, 1.165) is 31.5 Å². The molecule has 6 nitrogen and oxygen atoms in total. The number of carbonyl (C=O) groups is 2. The maximum Gasteiger partial charge on any atom is 0.335 e. The third-order valence-corrected chi connectivity index (χ3v) is 4.88. The molecule has 0 radical (unpaired) electrons. The van der Waals surface area contributed by atoms with Gasteiger partial charge in [-0.2, -0.15) is 0 Å². The summed E-state index contributed by atoms with van der Waals surface area (Å²) in [5.41, 5.74) is 2.39. The van der Waals surface area contributed by atoms with Gasteiger partial charge in [-0.3, -0.25) is 4.90 Å². The Balaban J connectivity index is 1.42. The third-order valence-electron chi connectivity index (χ3n) is 4.88. The Morgan fingerprint density at radius 2 is 1.74 bits per heavy atom. The average molecular weight is 367 g/mol. The van der Waals surface area contributed by atoms with Gasteiger partial charge in [0.15, 0.2) is 0 Å². The molecule has 0 aromatic heterocycles. The Labute approximate surface area is 159 Å². The number of amides is 2. The fourth-order valence-corrected chi connectivity index (χ4v) is 3.37. The minimum atomic E-state index is -0.955. The van der Waals surface area contributed by atoms with Gasteiger partial charge in [0, 0.05) is 25.7 Å². The van der Waals surface area contributed by atoms with Crippen LogP contribution in [0.25, 0.3) is 0 Å². The molecule has 1 aliphatic rings. The van der Waals surface area contributed by atoms with E-state index in [4.69, 9.17) is 5.11 Å². The molecule has 1 fully saturated rings. The number of nitrogens with one attached hydrogen (secondary N) is 2. The quantitative estimate of drug-likeness (QED) is 0.703. The number of benzene rings is 2. The summed E-state index contributed by atoms with van der Waals surface area (Å²) in [6.45, 7) is 2.95. The van der Waals surface area contributed by atoms with Crippen LogP contribution in [-0.2, 0) is 13.1 Å². The Morgan fingerprint density at radius 3 is 2.44 bits per heavy atom. The van der Waals surface area contributed by atoms with Crippen LogP contribution >= 0.6 is 0 Å². The van der Waals surface area contributed by atoms with E-state index >= 15 is 0 Å². The molecule has 1 heterocycles. The molecule has 3 rings (SSSR count). The SMILES string of the molecule is O=C(NCc1ccc(C(=O)O)cc1)NCC1CCCN1Cc1ccccc1. The number of nitrogens with zero attached hydrogens (tertiary/aromatic N) is 1. The van der Waals surface area contributed by atoms with E-state index in [0.29, 0.717) is 19.1 Å². The van der Waals surface area contributed by atoms with Gasteiger partial charge in [0.05, 0.1) is 5.56 Å². The first kappa shape index (κ1) is 18.9. The minimum Gasteiger partial charge on any atom is -0.478 e. The molecule has 1 atom stereocenters. The van der Waals surface area contributed by atoms with Crippen LogP contribution in [-0.4, -0.2) is 41.1 Å². The third kappa shape index (κ3) is 5.56. The number of carbonyl (C=O) groups excluding carboxylic acids is 1. The number of urea groups is 1. The summed E-state index contributed by atoms with van der Waals surface area (Å²) >= 11 is 0. The van der Waals surface area contributed by atoms with E-state index in [1.54, 1.807) is 12.1 Å². The van der Waals surface area contributed by atoms with E-state index in [1.807, 2.05) is 6.07 Å². The molecular formula is C21H25N3O3. The lowest BCUT2D eigenvalue weighted by atomic mass is 10.1. The molecule has 6 heteroatoms. The van der Waals surface area contributed by atoms with Gasteiger partial charge in [-0.15, -0.1) is 0 Å². The molecule has 2 aromatic rings. The predicted molar refractivity (Wildman–Crippen MR) is 104 cm³/mol. The summed E-state index contributed by atoms with van der Waals surface area (Å²) in [6.07, 6.45) is 2.24. The van der Waals surface area contributed by atoms with Crippen molar-refractivity contribution in [3.8, 4) is 0 Å². The van der Waals surface area contributed by atoms with Crippen LogP contribution in [0, 0.1) is 0 Å². The van der Waals surface area contributed by atoms with E-state index in [2.05, 4.69) is 39.8 Å². The molecule has 27 heavy (non-hydrogen) atoms. The highest BCUT2D eigenvalue weighted by molar-refractivity contribution is 5.87. The Kier molecular flexibility index (Phi) is 6.44. The lowest BCUT2D eigenvalue weighted by Crippen LogP contribution is -2.43. The van der Waals surface area contributed by atoms with Gasteiger partial charge < -0.3 is 15.7 Å². The van der Waals surface area contributed by atoms with Gasteiger partial charge in [0.25, 0.3) is 0 Å². The minimum absolute atomic E-state index is 0.205. The Hall–Kier alpha value is -2.86. The molecule has 142 valence electrons. The van der Waals surface area contributed by atoms with Crippen molar-refractivity contribution in [3.05, 3.63) is 71.3 Å². The number of aromatic carboxylic acids is 1. The van der Waals surface area contributed by atoms with Crippen molar-refractivity contribution in [1.29, 1.82) is 0 Å². The van der Waals surface area contributed by atoms with Crippen LogP contribution < -0.4 is 10.6 Å². The lowest BCUT2D eigenvalue weighted by molar-refractivity contribution is 0.0697. The summed E-state index contributed by atoms with van der Waals surface area (Å²) in [4.78, 5) is 25.3. The van der Waals surface area contributed by atoms with E-state index in [9.17, 15) is 9.59 Å². The standard InChI is InChI=1S/C21H25N3O3/c25-20(26)18-10-8-16(9-11-18)13-22-21(27)23-14-19-7-4-12-24(19)15-17-5-2-1-3-6-17/h1-3,5-6,8-11,19H,4,7,12-15H2,(H,25,26)(H2,22,23,27). The molecule has 0 bridgehead atoms. The summed E-state index contributed by atoms with van der Waals surface area (Å²) in [5.74, 6) is -0.955. The van der Waals surface area contributed by atoms with Crippen LogP contribution in [0.1, 0.15) is 34.3 Å². The largest absolute Gasteiger partial charge is 0.478 e. The Bertz CT molecular complexity index is 762. The van der Waals surface area contributed by atoms with Gasteiger partial charge in [-0.1, -0.05) is 42.5 Å². The normalized spacial score (nSPS) is 16.8. The fourth-order valence-electron chi connectivity index (χ4n) is 3.37. The van der Waals surface area contributed by atoms with Crippen LogP contribution in [0.5, 0.6) is 0 Å². The van der Waals surface area contributed by atoms with Crippen molar-refractivity contribution < 1.29 is 14.7 Å². The van der Waals surface area contributed by atoms with E-state index in [1.165, 1.54) is 17.7 Å². The molecule has 3 N–H and O–H groups in total. The van der Waals surface area contributed by atoms with Crippen molar-refractivity contribution in [2.45, 2.75) is 32.0 Å². The molecule has 0 aliphatic carbocycles. The average Bonchev–Trinajstić information content (AvgIpc) is 3.13. The summed E-state index contributed by atoms with van der Waals surface area (Å²) in [7, 11) is 0. The second-order valence-electron chi connectivity index (χ2n) is 6.82. The molecule has 1 aliphatic heterocycles. The Morgan fingerprint density at radius 1 is 1.00 bits per heavy atom. The highest BCUT2D eigenvalue weighted by Gasteiger charge is 2.24. The van der Waals surface area contributed by atoms with Crippen molar-refractivity contribution in [3.63, 3.8) is 0 Å². The summed E-state index contributed by atoms with van der Waals surface area (Å²) < 4.78 is 0. The number of rotatable bonds is 7. The first-order chi connectivity index (χ1) is 13.1. The van der Waals surface area contributed by atoms with Gasteiger partial charge in [-0.05, 0) is 42.6 Å². The monoisotopic (exact) mass is 367 g/mol.